The van der Waals surface area contributed by atoms with E-state index in [0.29, 0.717) is 36.0 Å². The topological polar surface area (TPSA) is 18.5 Å². The van der Waals surface area contributed by atoms with Crippen LogP contribution in [0.3, 0.4) is 0 Å². The van der Waals surface area contributed by atoms with Crippen LogP contribution in [0.5, 0.6) is 11.5 Å². The van der Waals surface area contributed by atoms with Crippen molar-refractivity contribution in [3.63, 3.8) is 0 Å². The molecule has 0 amide bonds. The zero-order valence-corrected chi connectivity index (χ0v) is 22.5. The Balaban J connectivity index is 1.27. The van der Waals surface area contributed by atoms with Crippen LogP contribution >= 0.6 is 0 Å². The number of unbranched alkanes of at least 4 members (excludes halogenated alkanes) is 2. The molecule has 0 saturated heterocycles. The summed E-state index contributed by atoms with van der Waals surface area (Å²) < 4.78 is 55.6. The monoisotopic (exact) mass is 516 g/mol. The molecular weight excluding hydrogens is 473 g/mol. The molecule has 0 atom stereocenters. The summed E-state index contributed by atoms with van der Waals surface area (Å²) in [5.41, 5.74) is 1.11. The summed E-state index contributed by atoms with van der Waals surface area (Å²) in [6.07, 6.45) is 12.7. The summed E-state index contributed by atoms with van der Waals surface area (Å²) in [6, 6.07) is 8.38. The zero-order valence-electron chi connectivity index (χ0n) is 22.5. The molecule has 0 spiro atoms. The Bertz CT molecular complexity index is 992. The molecule has 2 aliphatic carbocycles. The molecule has 4 rings (SSSR count). The number of ether oxygens (including phenoxy) is 2. The number of halogens is 3. The lowest BCUT2D eigenvalue weighted by atomic mass is 9.75. The second kappa shape index (κ2) is 13.6. The first-order valence-electron chi connectivity index (χ1n) is 14.5. The maximum Gasteiger partial charge on any atom is 0.168 e. The first-order chi connectivity index (χ1) is 18.0. The van der Waals surface area contributed by atoms with E-state index in [0.717, 1.165) is 57.3 Å². The van der Waals surface area contributed by atoms with Crippen molar-refractivity contribution in [1.29, 1.82) is 0 Å². The van der Waals surface area contributed by atoms with E-state index in [1.165, 1.54) is 31.7 Å². The minimum Gasteiger partial charge on any atom is -0.493 e. The van der Waals surface area contributed by atoms with Crippen molar-refractivity contribution >= 4 is 0 Å². The molecule has 204 valence electrons. The SMILES string of the molecule is CCCCCC1CCC(c2ccc(C3CCC(COc4ccc(OCC)c(F)c4)CC3)c(F)c2F)CC1. The fourth-order valence-corrected chi connectivity index (χ4v) is 6.35. The van der Waals surface area contributed by atoms with Gasteiger partial charge in [0.2, 0.25) is 0 Å². The van der Waals surface area contributed by atoms with Crippen LogP contribution in [0.2, 0.25) is 0 Å². The Morgan fingerprint density at radius 1 is 0.703 bits per heavy atom. The molecule has 0 aromatic heterocycles. The molecule has 0 N–H and O–H groups in total. The lowest BCUT2D eigenvalue weighted by molar-refractivity contribution is 0.198. The van der Waals surface area contributed by atoms with Crippen LogP contribution in [0.15, 0.2) is 30.3 Å². The van der Waals surface area contributed by atoms with Crippen LogP contribution in [-0.2, 0) is 0 Å². The van der Waals surface area contributed by atoms with Crippen LogP contribution in [0.25, 0.3) is 0 Å². The minimum atomic E-state index is -0.632. The van der Waals surface area contributed by atoms with Gasteiger partial charge in [0.05, 0.1) is 13.2 Å². The zero-order chi connectivity index (χ0) is 26.2. The second-order valence-corrected chi connectivity index (χ2v) is 11.1. The molecule has 2 aliphatic rings. The van der Waals surface area contributed by atoms with Crippen molar-refractivity contribution in [1.82, 2.24) is 0 Å². The second-order valence-electron chi connectivity index (χ2n) is 11.1. The molecule has 37 heavy (non-hydrogen) atoms. The highest BCUT2D eigenvalue weighted by Crippen LogP contribution is 2.42. The molecule has 0 radical (unpaired) electrons. The van der Waals surface area contributed by atoms with Crippen molar-refractivity contribution in [2.24, 2.45) is 11.8 Å². The average molecular weight is 517 g/mol. The van der Waals surface area contributed by atoms with E-state index in [9.17, 15) is 4.39 Å². The Labute approximate surface area is 220 Å². The van der Waals surface area contributed by atoms with Crippen LogP contribution in [0.4, 0.5) is 13.2 Å². The van der Waals surface area contributed by atoms with Gasteiger partial charge >= 0.3 is 0 Å². The summed E-state index contributed by atoms with van der Waals surface area (Å²) in [7, 11) is 0. The lowest BCUT2D eigenvalue weighted by Crippen LogP contribution is -2.20. The van der Waals surface area contributed by atoms with Crippen molar-refractivity contribution in [2.45, 2.75) is 103 Å². The van der Waals surface area contributed by atoms with Gasteiger partial charge in [-0.15, -0.1) is 0 Å². The predicted molar refractivity (Wildman–Crippen MR) is 143 cm³/mol. The quantitative estimate of drug-likeness (QED) is 0.277. The number of benzene rings is 2. The number of hydrogen-bond acceptors (Lipinski definition) is 2. The molecular formula is C32H43F3O2. The van der Waals surface area contributed by atoms with Crippen molar-refractivity contribution in [3.05, 3.63) is 58.9 Å². The highest BCUT2D eigenvalue weighted by molar-refractivity contribution is 5.33. The molecule has 0 bridgehead atoms. The fourth-order valence-electron chi connectivity index (χ4n) is 6.35. The van der Waals surface area contributed by atoms with Crippen LogP contribution in [0, 0.1) is 29.3 Å². The summed E-state index contributed by atoms with van der Waals surface area (Å²) in [4.78, 5) is 0. The van der Waals surface area contributed by atoms with Gasteiger partial charge in [-0.05, 0) is 105 Å². The molecule has 2 fully saturated rings. The maximum absolute atomic E-state index is 15.2. The fraction of sp³-hybridized carbons (Fsp3) is 0.625. The molecule has 2 aromatic carbocycles. The molecule has 2 saturated carbocycles. The Morgan fingerprint density at radius 2 is 1.30 bits per heavy atom. The highest BCUT2D eigenvalue weighted by atomic mass is 19.2. The van der Waals surface area contributed by atoms with E-state index in [4.69, 9.17) is 9.47 Å². The highest BCUT2D eigenvalue weighted by Gasteiger charge is 2.30. The molecule has 0 aliphatic heterocycles. The first-order valence-corrected chi connectivity index (χ1v) is 14.5. The molecule has 5 heteroatoms. The molecule has 2 nitrogen and oxygen atoms in total. The summed E-state index contributed by atoms with van der Waals surface area (Å²) in [5.74, 6) is 0.301. The van der Waals surface area contributed by atoms with E-state index in [-0.39, 0.29) is 17.6 Å². The minimum absolute atomic E-state index is 0.0389. The Kier molecular flexibility index (Phi) is 10.2. The van der Waals surface area contributed by atoms with E-state index in [1.54, 1.807) is 12.1 Å². The van der Waals surface area contributed by atoms with Gasteiger partial charge in [-0.25, -0.2) is 13.2 Å². The van der Waals surface area contributed by atoms with Gasteiger partial charge < -0.3 is 9.47 Å². The van der Waals surface area contributed by atoms with Crippen LogP contribution in [0.1, 0.15) is 114 Å². The average Bonchev–Trinajstić information content (AvgIpc) is 2.91. The Morgan fingerprint density at radius 3 is 1.84 bits per heavy atom. The van der Waals surface area contributed by atoms with Crippen LogP contribution in [-0.4, -0.2) is 13.2 Å². The van der Waals surface area contributed by atoms with Gasteiger partial charge in [0, 0.05) is 6.07 Å². The lowest BCUT2D eigenvalue weighted by Gasteiger charge is -2.31. The molecule has 2 aromatic rings. The van der Waals surface area contributed by atoms with E-state index >= 15 is 8.78 Å². The largest absolute Gasteiger partial charge is 0.493 e. The summed E-state index contributed by atoms with van der Waals surface area (Å²) in [5, 5.41) is 0. The first kappa shape index (κ1) is 27.9. The van der Waals surface area contributed by atoms with Gasteiger partial charge in [-0.2, -0.15) is 0 Å². The van der Waals surface area contributed by atoms with Crippen molar-refractivity contribution < 1.29 is 22.6 Å². The van der Waals surface area contributed by atoms with Crippen LogP contribution < -0.4 is 9.47 Å². The third-order valence-electron chi connectivity index (χ3n) is 8.62. The van der Waals surface area contributed by atoms with Crippen molar-refractivity contribution in [2.75, 3.05) is 13.2 Å². The third-order valence-corrected chi connectivity index (χ3v) is 8.62. The predicted octanol–water partition coefficient (Wildman–Crippen LogP) is 9.71. The number of hydrogen-bond donors (Lipinski definition) is 0. The van der Waals surface area contributed by atoms with Gasteiger partial charge in [-0.1, -0.05) is 44.7 Å². The molecule has 0 unspecified atom stereocenters. The normalized spacial score (nSPS) is 24.1. The van der Waals surface area contributed by atoms with Gasteiger partial charge in [0.1, 0.15) is 5.75 Å². The number of rotatable bonds is 11. The molecule has 0 heterocycles. The van der Waals surface area contributed by atoms with E-state index in [2.05, 4.69) is 6.92 Å². The van der Waals surface area contributed by atoms with Gasteiger partial charge in [0.25, 0.3) is 0 Å². The third kappa shape index (κ3) is 7.23. The van der Waals surface area contributed by atoms with Gasteiger partial charge in [-0.3, -0.25) is 0 Å². The van der Waals surface area contributed by atoms with Crippen molar-refractivity contribution in [3.8, 4) is 11.5 Å². The Hall–Kier alpha value is -2.17. The summed E-state index contributed by atoms with van der Waals surface area (Å²) >= 11 is 0. The standard InChI is InChI=1S/C32H43F3O2/c1-3-5-6-7-22-8-12-24(13-9-22)27-17-18-28(32(35)31(27)34)25-14-10-23(11-15-25)21-37-26-16-19-30(36-4-2)29(33)20-26/h16-20,22-25H,3-15,21H2,1-2H3. The smallest absolute Gasteiger partial charge is 0.168 e. The van der Waals surface area contributed by atoms with Gasteiger partial charge in [0.15, 0.2) is 23.2 Å². The van der Waals surface area contributed by atoms with E-state index < -0.39 is 17.5 Å². The maximum atomic E-state index is 15.2. The summed E-state index contributed by atoms with van der Waals surface area (Å²) in [6.45, 7) is 4.95. The van der Waals surface area contributed by atoms with E-state index in [1.807, 2.05) is 19.1 Å².